The van der Waals surface area contributed by atoms with Crippen LogP contribution in [0.25, 0.3) is 0 Å². The molecule has 0 spiro atoms. The second-order valence-electron chi connectivity index (χ2n) is 5.94. The maximum atomic E-state index is 12.4. The Labute approximate surface area is 129 Å². The molecule has 0 bridgehead atoms. The van der Waals surface area contributed by atoms with Gasteiger partial charge in [0.15, 0.2) is 0 Å². The minimum absolute atomic E-state index is 0.221. The van der Waals surface area contributed by atoms with E-state index >= 15 is 0 Å². The number of nitrogens with zero attached hydrogens (tertiary/aromatic N) is 2. The van der Waals surface area contributed by atoms with Gasteiger partial charge in [0, 0.05) is 11.4 Å². The summed E-state index contributed by atoms with van der Waals surface area (Å²) in [5, 5.41) is 0. The van der Waals surface area contributed by atoms with Gasteiger partial charge in [-0.25, -0.2) is 0 Å². The van der Waals surface area contributed by atoms with Gasteiger partial charge >= 0.3 is 0 Å². The first-order valence-electron chi connectivity index (χ1n) is 7.40. The monoisotopic (exact) mass is 294 g/mol. The summed E-state index contributed by atoms with van der Waals surface area (Å²) in [6.45, 7) is 6.37. The van der Waals surface area contributed by atoms with Gasteiger partial charge in [-0.15, -0.1) is 0 Å². The van der Waals surface area contributed by atoms with Gasteiger partial charge in [0.05, 0.1) is 17.7 Å². The van der Waals surface area contributed by atoms with E-state index in [2.05, 4.69) is 18.8 Å². The molecule has 0 saturated carbocycles. The van der Waals surface area contributed by atoms with Crippen molar-refractivity contribution >= 4 is 11.8 Å². The van der Waals surface area contributed by atoms with Crippen molar-refractivity contribution in [3.05, 3.63) is 64.5 Å². The number of rotatable bonds is 3. The lowest BCUT2D eigenvalue weighted by Crippen LogP contribution is -2.29. The second kappa shape index (κ2) is 5.37. The summed E-state index contributed by atoms with van der Waals surface area (Å²) in [5.41, 5.74) is 3.79. The second-order valence-corrected chi connectivity index (χ2v) is 5.94. The van der Waals surface area contributed by atoms with Crippen molar-refractivity contribution in [1.82, 2.24) is 9.88 Å². The molecule has 1 aromatic carbocycles. The van der Waals surface area contributed by atoms with Crippen LogP contribution in [0.5, 0.6) is 0 Å². The van der Waals surface area contributed by atoms with Crippen LogP contribution >= 0.6 is 0 Å². The van der Waals surface area contributed by atoms with Crippen molar-refractivity contribution in [1.29, 1.82) is 0 Å². The van der Waals surface area contributed by atoms with Crippen LogP contribution < -0.4 is 0 Å². The quantitative estimate of drug-likeness (QED) is 0.816. The number of benzene rings is 1. The standard InChI is InChI=1S/C18H18N2O2/c1-11(2)16-9-13(8-12(3)19-16)10-20-17(21)14-6-4-5-7-15(14)18(20)22/h4-9,11H,10H2,1-3H3. The lowest BCUT2D eigenvalue weighted by molar-refractivity contribution is 0.0642. The number of hydrogen-bond donors (Lipinski definition) is 0. The molecular weight excluding hydrogens is 276 g/mol. The zero-order valence-corrected chi connectivity index (χ0v) is 13.0. The summed E-state index contributed by atoms with van der Waals surface area (Å²) in [6, 6.07) is 10.9. The zero-order chi connectivity index (χ0) is 15.9. The Bertz CT molecular complexity index is 730. The van der Waals surface area contributed by atoms with Gasteiger partial charge in [-0.2, -0.15) is 0 Å². The Balaban J connectivity index is 1.92. The molecule has 0 saturated heterocycles. The third-order valence-electron chi connectivity index (χ3n) is 3.84. The van der Waals surface area contributed by atoms with Gasteiger partial charge in [-0.3, -0.25) is 19.5 Å². The number of pyridine rings is 1. The Morgan fingerprint density at radius 2 is 1.64 bits per heavy atom. The van der Waals surface area contributed by atoms with E-state index in [9.17, 15) is 9.59 Å². The van der Waals surface area contributed by atoms with E-state index in [0.717, 1.165) is 17.0 Å². The van der Waals surface area contributed by atoms with E-state index in [1.165, 1.54) is 4.90 Å². The van der Waals surface area contributed by atoms with Crippen molar-refractivity contribution < 1.29 is 9.59 Å². The zero-order valence-electron chi connectivity index (χ0n) is 13.0. The van der Waals surface area contributed by atoms with Crippen LogP contribution in [0.2, 0.25) is 0 Å². The summed E-state index contributed by atoms with van der Waals surface area (Å²) in [5.74, 6) is -0.136. The highest BCUT2D eigenvalue weighted by Gasteiger charge is 2.35. The molecule has 3 rings (SSSR count). The summed E-state index contributed by atoms with van der Waals surface area (Å²) >= 11 is 0. The summed E-state index contributed by atoms with van der Waals surface area (Å²) < 4.78 is 0. The summed E-state index contributed by atoms with van der Waals surface area (Å²) in [6.07, 6.45) is 0. The highest BCUT2D eigenvalue weighted by Crippen LogP contribution is 2.25. The fourth-order valence-electron chi connectivity index (χ4n) is 2.72. The Morgan fingerprint density at radius 1 is 1.05 bits per heavy atom. The van der Waals surface area contributed by atoms with Crippen LogP contribution in [-0.4, -0.2) is 21.7 Å². The highest BCUT2D eigenvalue weighted by atomic mass is 16.2. The average molecular weight is 294 g/mol. The first-order chi connectivity index (χ1) is 10.5. The minimum atomic E-state index is -0.221. The van der Waals surface area contributed by atoms with Crippen LogP contribution in [0.1, 0.15) is 57.4 Å². The predicted octanol–water partition coefficient (Wildman–Crippen LogP) is 3.31. The minimum Gasteiger partial charge on any atom is -0.270 e. The molecule has 1 aliphatic heterocycles. The van der Waals surface area contributed by atoms with Gasteiger partial charge in [0.1, 0.15) is 0 Å². The predicted molar refractivity (Wildman–Crippen MR) is 83.7 cm³/mol. The molecule has 0 fully saturated rings. The lowest BCUT2D eigenvalue weighted by atomic mass is 10.1. The molecule has 1 aliphatic rings. The molecule has 112 valence electrons. The van der Waals surface area contributed by atoms with E-state index in [0.29, 0.717) is 17.0 Å². The number of imide groups is 1. The van der Waals surface area contributed by atoms with Crippen molar-refractivity contribution in [3.63, 3.8) is 0 Å². The molecule has 2 heterocycles. The van der Waals surface area contributed by atoms with Gasteiger partial charge in [0.2, 0.25) is 0 Å². The molecule has 0 atom stereocenters. The first-order valence-corrected chi connectivity index (χ1v) is 7.40. The Kier molecular flexibility index (Phi) is 3.53. The molecule has 2 aromatic rings. The molecule has 0 unspecified atom stereocenters. The van der Waals surface area contributed by atoms with Gasteiger partial charge in [-0.05, 0) is 42.7 Å². The largest absolute Gasteiger partial charge is 0.270 e. The molecule has 22 heavy (non-hydrogen) atoms. The smallest absolute Gasteiger partial charge is 0.261 e. The van der Waals surface area contributed by atoms with Crippen molar-refractivity contribution in [2.45, 2.75) is 33.2 Å². The molecule has 0 aliphatic carbocycles. The fraction of sp³-hybridized carbons (Fsp3) is 0.278. The third-order valence-corrected chi connectivity index (χ3v) is 3.84. The number of fused-ring (bicyclic) bond motifs is 1. The number of hydrogen-bond acceptors (Lipinski definition) is 3. The normalized spacial score (nSPS) is 13.9. The number of aryl methyl sites for hydroxylation is 1. The Hall–Kier alpha value is -2.49. The van der Waals surface area contributed by atoms with Crippen molar-refractivity contribution in [2.75, 3.05) is 0 Å². The molecule has 1 aromatic heterocycles. The number of aromatic nitrogens is 1. The molecule has 2 amide bonds. The Morgan fingerprint density at radius 3 is 2.18 bits per heavy atom. The maximum absolute atomic E-state index is 12.4. The van der Waals surface area contributed by atoms with Gasteiger partial charge in [0.25, 0.3) is 11.8 Å². The third kappa shape index (κ3) is 2.41. The SMILES string of the molecule is Cc1cc(CN2C(=O)c3ccccc3C2=O)cc(C(C)C)n1. The van der Waals surface area contributed by atoms with Crippen LogP contribution in [-0.2, 0) is 6.54 Å². The van der Waals surface area contributed by atoms with Crippen LogP contribution in [0, 0.1) is 6.92 Å². The van der Waals surface area contributed by atoms with Gasteiger partial charge < -0.3 is 0 Å². The topological polar surface area (TPSA) is 50.3 Å². The van der Waals surface area contributed by atoms with E-state index in [1.54, 1.807) is 24.3 Å². The molecular formula is C18H18N2O2. The molecule has 0 radical (unpaired) electrons. The van der Waals surface area contributed by atoms with Crippen molar-refractivity contribution in [2.24, 2.45) is 0 Å². The summed E-state index contributed by atoms with van der Waals surface area (Å²) in [4.78, 5) is 30.6. The van der Waals surface area contributed by atoms with Crippen LogP contribution in [0.4, 0.5) is 0 Å². The summed E-state index contributed by atoms with van der Waals surface area (Å²) in [7, 11) is 0. The van der Waals surface area contributed by atoms with E-state index in [1.807, 2.05) is 19.1 Å². The van der Waals surface area contributed by atoms with Crippen molar-refractivity contribution in [3.8, 4) is 0 Å². The number of carbonyl (C=O) groups excluding carboxylic acids is 2. The highest BCUT2D eigenvalue weighted by molar-refractivity contribution is 6.21. The number of carbonyl (C=O) groups is 2. The van der Waals surface area contributed by atoms with E-state index < -0.39 is 0 Å². The van der Waals surface area contributed by atoms with E-state index in [-0.39, 0.29) is 18.4 Å². The molecule has 4 nitrogen and oxygen atoms in total. The molecule has 0 N–H and O–H groups in total. The van der Waals surface area contributed by atoms with E-state index in [4.69, 9.17) is 0 Å². The fourth-order valence-corrected chi connectivity index (χ4v) is 2.72. The average Bonchev–Trinajstić information content (AvgIpc) is 2.72. The van der Waals surface area contributed by atoms with Crippen LogP contribution in [0.3, 0.4) is 0 Å². The lowest BCUT2D eigenvalue weighted by Gasteiger charge is -2.16. The maximum Gasteiger partial charge on any atom is 0.261 e. The first kappa shape index (κ1) is 14.4. The number of amides is 2. The van der Waals surface area contributed by atoms with Crippen LogP contribution in [0.15, 0.2) is 36.4 Å². The van der Waals surface area contributed by atoms with Gasteiger partial charge in [-0.1, -0.05) is 26.0 Å². The molecule has 4 heteroatoms.